The molecule has 2 N–H and O–H groups in total. The number of hydrogen-bond donors (Lipinski definition) is 2. The Balaban J connectivity index is 1.55. The quantitative estimate of drug-likeness (QED) is 0.815. The summed E-state index contributed by atoms with van der Waals surface area (Å²) < 4.78 is 5.37. The van der Waals surface area contributed by atoms with Gasteiger partial charge in [-0.25, -0.2) is 4.79 Å². The number of carbonyl (C=O) groups is 1. The van der Waals surface area contributed by atoms with Gasteiger partial charge in [0, 0.05) is 51.8 Å². The molecule has 0 aromatic heterocycles. The van der Waals surface area contributed by atoms with E-state index < -0.39 is 0 Å². The fourth-order valence-electron chi connectivity index (χ4n) is 3.40. The summed E-state index contributed by atoms with van der Waals surface area (Å²) in [5, 5.41) is 6.18. The number of ether oxygens (including phenoxy) is 1. The average molecular weight is 346 g/mol. The molecular weight excluding hydrogens is 316 g/mol. The monoisotopic (exact) mass is 346 g/mol. The van der Waals surface area contributed by atoms with Crippen molar-refractivity contribution >= 4 is 6.03 Å². The summed E-state index contributed by atoms with van der Waals surface area (Å²) >= 11 is 0. The Morgan fingerprint density at radius 1 is 1.24 bits per heavy atom. The Morgan fingerprint density at radius 3 is 2.68 bits per heavy atom. The van der Waals surface area contributed by atoms with Gasteiger partial charge in [0.15, 0.2) is 0 Å². The van der Waals surface area contributed by atoms with Crippen LogP contribution in [0.4, 0.5) is 4.79 Å². The fraction of sp³-hybridized carbons (Fsp3) is 0.632. The molecule has 3 rings (SSSR count). The Bertz CT molecular complexity index is 525. The van der Waals surface area contributed by atoms with Crippen molar-refractivity contribution in [1.29, 1.82) is 0 Å². The lowest BCUT2D eigenvalue weighted by Gasteiger charge is -2.35. The van der Waals surface area contributed by atoms with Crippen LogP contribution in [0.2, 0.25) is 0 Å². The van der Waals surface area contributed by atoms with Crippen molar-refractivity contribution in [3.8, 4) is 0 Å². The molecule has 0 saturated carbocycles. The van der Waals surface area contributed by atoms with Gasteiger partial charge in [0.25, 0.3) is 0 Å². The number of amides is 2. The van der Waals surface area contributed by atoms with Crippen LogP contribution < -0.4 is 10.6 Å². The highest BCUT2D eigenvalue weighted by molar-refractivity contribution is 5.74. The smallest absolute Gasteiger partial charge is 0.315 e. The van der Waals surface area contributed by atoms with E-state index >= 15 is 0 Å². The maximum absolute atomic E-state index is 12.4. The second kappa shape index (κ2) is 9.17. The number of rotatable bonds is 6. The highest BCUT2D eigenvalue weighted by Gasteiger charge is 2.22. The van der Waals surface area contributed by atoms with Crippen LogP contribution in [-0.4, -0.2) is 75.4 Å². The minimum atomic E-state index is -0.0881. The lowest BCUT2D eigenvalue weighted by molar-refractivity contribution is 0.142. The van der Waals surface area contributed by atoms with Gasteiger partial charge in [-0.2, -0.15) is 0 Å². The van der Waals surface area contributed by atoms with E-state index in [9.17, 15) is 4.79 Å². The molecule has 0 unspecified atom stereocenters. The van der Waals surface area contributed by atoms with Crippen molar-refractivity contribution in [1.82, 2.24) is 20.4 Å². The van der Waals surface area contributed by atoms with Crippen LogP contribution in [0.15, 0.2) is 30.3 Å². The number of piperazine rings is 1. The third-order valence-electron chi connectivity index (χ3n) is 5.12. The highest BCUT2D eigenvalue weighted by Crippen LogP contribution is 2.16. The summed E-state index contributed by atoms with van der Waals surface area (Å²) in [4.78, 5) is 17.2. The molecule has 0 spiro atoms. The molecule has 138 valence electrons. The van der Waals surface area contributed by atoms with Crippen molar-refractivity contribution in [2.45, 2.75) is 12.5 Å². The number of nitrogens with one attached hydrogen (secondary N) is 2. The normalized spacial score (nSPS) is 23.3. The molecule has 0 radical (unpaired) electrons. The van der Waals surface area contributed by atoms with Crippen LogP contribution in [-0.2, 0) is 4.74 Å². The van der Waals surface area contributed by atoms with Gasteiger partial charge in [0.05, 0.1) is 12.6 Å². The molecule has 2 atom stereocenters. The van der Waals surface area contributed by atoms with E-state index in [0.717, 1.165) is 57.9 Å². The van der Waals surface area contributed by atoms with Crippen LogP contribution >= 0.6 is 0 Å². The summed E-state index contributed by atoms with van der Waals surface area (Å²) in [5.41, 5.74) is 1.15. The van der Waals surface area contributed by atoms with E-state index in [4.69, 9.17) is 4.74 Å². The second-order valence-electron chi connectivity index (χ2n) is 7.15. The molecule has 2 amide bonds. The van der Waals surface area contributed by atoms with Crippen LogP contribution in [0.5, 0.6) is 0 Å². The topological polar surface area (TPSA) is 56.8 Å². The number of urea groups is 1. The summed E-state index contributed by atoms with van der Waals surface area (Å²) in [6, 6.07) is 10.2. The molecule has 25 heavy (non-hydrogen) atoms. The van der Waals surface area contributed by atoms with E-state index in [1.165, 1.54) is 0 Å². The number of benzene rings is 1. The van der Waals surface area contributed by atoms with E-state index in [1.54, 1.807) is 0 Å². The third kappa shape index (κ3) is 5.70. The predicted molar refractivity (Wildman–Crippen MR) is 98.6 cm³/mol. The summed E-state index contributed by atoms with van der Waals surface area (Å²) in [6.45, 7) is 7.34. The molecule has 0 aliphatic carbocycles. The number of likely N-dealkylation sites (N-methyl/N-ethyl adjacent to an activating group) is 1. The molecule has 2 heterocycles. The van der Waals surface area contributed by atoms with Crippen molar-refractivity contribution < 1.29 is 9.53 Å². The molecule has 1 aromatic carbocycles. The van der Waals surface area contributed by atoms with Gasteiger partial charge < -0.3 is 20.3 Å². The predicted octanol–water partition coefficient (Wildman–Crippen LogP) is 1.31. The van der Waals surface area contributed by atoms with Crippen molar-refractivity contribution in [2.24, 2.45) is 5.92 Å². The van der Waals surface area contributed by atoms with Crippen LogP contribution in [0.1, 0.15) is 18.0 Å². The van der Waals surface area contributed by atoms with Crippen molar-refractivity contribution in [3.05, 3.63) is 35.9 Å². The largest absolute Gasteiger partial charge is 0.381 e. The van der Waals surface area contributed by atoms with Gasteiger partial charge in [0.2, 0.25) is 0 Å². The Hall–Kier alpha value is -1.63. The van der Waals surface area contributed by atoms with Gasteiger partial charge in [-0.05, 0) is 19.0 Å². The van der Waals surface area contributed by atoms with E-state index in [1.807, 2.05) is 18.2 Å². The number of carbonyl (C=O) groups excluding carboxylic acids is 1. The van der Waals surface area contributed by atoms with E-state index in [2.05, 4.69) is 39.6 Å². The molecule has 6 nitrogen and oxygen atoms in total. The molecule has 2 aliphatic rings. The number of nitrogens with zero attached hydrogens (tertiary/aromatic N) is 2. The summed E-state index contributed by atoms with van der Waals surface area (Å²) in [6.07, 6.45) is 1.03. The Labute approximate surface area is 150 Å². The van der Waals surface area contributed by atoms with E-state index in [-0.39, 0.29) is 12.1 Å². The molecule has 0 bridgehead atoms. The van der Waals surface area contributed by atoms with Gasteiger partial charge in [-0.3, -0.25) is 4.90 Å². The Kier molecular flexibility index (Phi) is 6.67. The summed E-state index contributed by atoms with van der Waals surface area (Å²) in [5.74, 6) is 0.443. The zero-order chi connectivity index (χ0) is 17.5. The maximum atomic E-state index is 12.4. The minimum Gasteiger partial charge on any atom is -0.381 e. The Morgan fingerprint density at radius 2 is 2.00 bits per heavy atom. The second-order valence-corrected chi connectivity index (χ2v) is 7.15. The molecule has 6 heteroatoms. The van der Waals surface area contributed by atoms with Gasteiger partial charge in [-0.15, -0.1) is 0 Å². The van der Waals surface area contributed by atoms with Crippen molar-refractivity contribution in [3.63, 3.8) is 0 Å². The zero-order valence-electron chi connectivity index (χ0n) is 15.1. The molecule has 2 saturated heterocycles. The van der Waals surface area contributed by atoms with E-state index in [0.29, 0.717) is 12.5 Å². The van der Waals surface area contributed by atoms with Crippen LogP contribution in [0.3, 0.4) is 0 Å². The SMILES string of the molecule is CN1CCN(C[C@@H](NC(=O)NC[C@@H]2CCOC2)c2ccccc2)CC1. The molecule has 2 aliphatic heterocycles. The molecular formula is C19H30N4O2. The first-order chi connectivity index (χ1) is 12.2. The van der Waals surface area contributed by atoms with Crippen LogP contribution in [0, 0.1) is 5.92 Å². The minimum absolute atomic E-state index is 0.00411. The summed E-state index contributed by atoms with van der Waals surface area (Å²) in [7, 11) is 2.16. The average Bonchev–Trinajstić information content (AvgIpc) is 3.16. The lowest BCUT2D eigenvalue weighted by Crippen LogP contribution is -2.49. The van der Waals surface area contributed by atoms with Gasteiger partial charge in [0.1, 0.15) is 0 Å². The first kappa shape index (κ1) is 18.2. The van der Waals surface area contributed by atoms with Crippen molar-refractivity contribution in [2.75, 3.05) is 59.5 Å². The molecule has 2 fully saturated rings. The zero-order valence-corrected chi connectivity index (χ0v) is 15.1. The molecule has 1 aromatic rings. The number of hydrogen-bond acceptors (Lipinski definition) is 4. The first-order valence-electron chi connectivity index (χ1n) is 9.28. The first-order valence-corrected chi connectivity index (χ1v) is 9.28. The standard InChI is InChI=1S/C19H30N4O2/c1-22-8-10-23(11-9-22)14-18(17-5-3-2-4-6-17)21-19(24)20-13-16-7-12-25-15-16/h2-6,16,18H,7-15H2,1H3,(H2,20,21,24)/t16-,18+/m0/s1. The maximum Gasteiger partial charge on any atom is 0.315 e. The lowest BCUT2D eigenvalue weighted by atomic mass is 10.1. The van der Waals surface area contributed by atoms with Crippen LogP contribution in [0.25, 0.3) is 0 Å². The van der Waals surface area contributed by atoms with Gasteiger partial charge in [-0.1, -0.05) is 30.3 Å². The fourth-order valence-corrected chi connectivity index (χ4v) is 3.40. The highest BCUT2D eigenvalue weighted by atomic mass is 16.5. The third-order valence-corrected chi connectivity index (χ3v) is 5.12. The van der Waals surface area contributed by atoms with Gasteiger partial charge >= 0.3 is 6.03 Å².